The zero-order valence-corrected chi connectivity index (χ0v) is 13.3. The highest BCUT2D eigenvalue weighted by Crippen LogP contribution is 2.27. The van der Waals surface area contributed by atoms with Crippen molar-refractivity contribution in [3.05, 3.63) is 24.0 Å². The smallest absolute Gasteiger partial charge is 0.244 e. The highest BCUT2D eigenvalue weighted by Gasteiger charge is 2.28. The SMILES string of the molecule is C[C@H]1OCCN[C@@H]1C(=O)Nc1ccc(OC2CCCC2)c(F)c1. The molecule has 1 saturated carbocycles. The molecule has 2 N–H and O–H groups in total. The molecule has 0 aromatic heterocycles. The number of hydrogen-bond donors (Lipinski definition) is 2. The summed E-state index contributed by atoms with van der Waals surface area (Å²) in [6, 6.07) is 4.12. The standard InChI is InChI=1S/C17H23FN2O3/c1-11-16(19-8-9-22-11)17(21)20-12-6-7-15(14(18)10-12)23-13-4-2-3-5-13/h6-7,10-11,13,16,19H,2-5,8-9H2,1H3,(H,20,21)/t11-,16+/m1/s1. The van der Waals surface area contributed by atoms with Crippen molar-refractivity contribution in [3.63, 3.8) is 0 Å². The lowest BCUT2D eigenvalue weighted by molar-refractivity contribution is -0.123. The largest absolute Gasteiger partial charge is 0.487 e. The molecule has 1 aliphatic carbocycles. The number of nitrogens with one attached hydrogen (secondary N) is 2. The summed E-state index contributed by atoms with van der Waals surface area (Å²) < 4.78 is 25.3. The minimum absolute atomic E-state index is 0.106. The van der Waals surface area contributed by atoms with Crippen LogP contribution in [0.3, 0.4) is 0 Å². The monoisotopic (exact) mass is 322 g/mol. The number of ether oxygens (including phenoxy) is 2. The van der Waals surface area contributed by atoms with Crippen LogP contribution in [0.25, 0.3) is 0 Å². The third-order valence-corrected chi connectivity index (χ3v) is 4.39. The molecule has 1 aromatic carbocycles. The minimum atomic E-state index is -0.449. The van der Waals surface area contributed by atoms with Crippen LogP contribution in [0, 0.1) is 5.82 Å². The van der Waals surface area contributed by atoms with Gasteiger partial charge in [0.1, 0.15) is 6.04 Å². The molecule has 3 rings (SSSR count). The molecule has 0 unspecified atom stereocenters. The first-order valence-electron chi connectivity index (χ1n) is 8.25. The third-order valence-electron chi connectivity index (χ3n) is 4.39. The number of halogens is 1. The molecule has 6 heteroatoms. The van der Waals surface area contributed by atoms with Crippen molar-refractivity contribution in [3.8, 4) is 5.75 Å². The van der Waals surface area contributed by atoms with Crippen LogP contribution < -0.4 is 15.4 Å². The first kappa shape index (κ1) is 16.2. The van der Waals surface area contributed by atoms with Crippen LogP contribution in [0.1, 0.15) is 32.6 Å². The molecule has 5 nitrogen and oxygen atoms in total. The summed E-state index contributed by atoms with van der Waals surface area (Å²) in [5.41, 5.74) is 0.422. The predicted molar refractivity (Wildman–Crippen MR) is 85.1 cm³/mol. The van der Waals surface area contributed by atoms with Gasteiger partial charge < -0.3 is 20.1 Å². The molecule has 126 valence electrons. The molecule has 1 aliphatic heterocycles. The van der Waals surface area contributed by atoms with Crippen LogP contribution in [0.5, 0.6) is 5.75 Å². The molecule has 1 heterocycles. The summed E-state index contributed by atoms with van der Waals surface area (Å²) in [5, 5.41) is 5.83. The highest BCUT2D eigenvalue weighted by atomic mass is 19.1. The Morgan fingerprint density at radius 3 is 2.87 bits per heavy atom. The van der Waals surface area contributed by atoms with E-state index in [0.717, 1.165) is 25.7 Å². The highest BCUT2D eigenvalue weighted by molar-refractivity contribution is 5.95. The fourth-order valence-electron chi connectivity index (χ4n) is 3.11. The molecule has 2 atom stereocenters. The van der Waals surface area contributed by atoms with Gasteiger partial charge >= 0.3 is 0 Å². The average molecular weight is 322 g/mol. The van der Waals surface area contributed by atoms with Gasteiger partial charge in [0.15, 0.2) is 11.6 Å². The van der Waals surface area contributed by atoms with Crippen molar-refractivity contribution < 1.29 is 18.7 Å². The van der Waals surface area contributed by atoms with Gasteiger partial charge in [0.25, 0.3) is 0 Å². The molecular formula is C17H23FN2O3. The molecule has 2 fully saturated rings. The Morgan fingerprint density at radius 2 is 2.17 bits per heavy atom. The van der Waals surface area contributed by atoms with Gasteiger partial charge in [-0.3, -0.25) is 4.79 Å². The maximum atomic E-state index is 14.2. The number of amides is 1. The van der Waals surface area contributed by atoms with E-state index in [1.807, 2.05) is 6.92 Å². The van der Waals surface area contributed by atoms with Crippen molar-refractivity contribution in [1.82, 2.24) is 5.32 Å². The summed E-state index contributed by atoms with van der Waals surface area (Å²) >= 11 is 0. The van der Waals surface area contributed by atoms with E-state index in [0.29, 0.717) is 18.8 Å². The van der Waals surface area contributed by atoms with Gasteiger partial charge in [0, 0.05) is 18.3 Å². The number of carbonyl (C=O) groups excluding carboxylic acids is 1. The van der Waals surface area contributed by atoms with Gasteiger partial charge in [-0.1, -0.05) is 0 Å². The fraction of sp³-hybridized carbons (Fsp3) is 0.588. The lowest BCUT2D eigenvalue weighted by Gasteiger charge is -2.29. The van der Waals surface area contributed by atoms with Gasteiger partial charge in [-0.25, -0.2) is 4.39 Å². The van der Waals surface area contributed by atoms with E-state index in [4.69, 9.17) is 9.47 Å². The van der Waals surface area contributed by atoms with Crippen LogP contribution in [0.2, 0.25) is 0 Å². The van der Waals surface area contributed by atoms with E-state index in [1.54, 1.807) is 12.1 Å². The first-order chi connectivity index (χ1) is 11.1. The Kier molecular flexibility index (Phi) is 5.13. The Hall–Kier alpha value is -1.66. The Balaban J connectivity index is 1.61. The molecule has 0 radical (unpaired) electrons. The van der Waals surface area contributed by atoms with Gasteiger partial charge in [0.05, 0.1) is 18.8 Å². The number of benzene rings is 1. The zero-order valence-electron chi connectivity index (χ0n) is 13.3. The zero-order chi connectivity index (χ0) is 16.2. The van der Waals surface area contributed by atoms with Crippen LogP contribution in [-0.2, 0) is 9.53 Å². The summed E-state index contributed by atoms with van der Waals surface area (Å²) in [5.74, 6) is -0.418. The Morgan fingerprint density at radius 1 is 1.39 bits per heavy atom. The molecule has 1 aromatic rings. The summed E-state index contributed by atoms with van der Waals surface area (Å²) in [6.45, 7) is 3.06. The van der Waals surface area contributed by atoms with Crippen LogP contribution in [0.15, 0.2) is 18.2 Å². The van der Waals surface area contributed by atoms with Crippen molar-refractivity contribution in [1.29, 1.82) is 0 Å². The average Bonchev–Trinajstić information content (AvgIpc) is 3.03. The normalized spacial score (nSPS) is 25.3. The second-order valence-electron chi connectivity index (χ2n) is 6.17. The molecule has 0 bridgehead atoms. The third kappa shape index (κ3) is 4.00. The molecule has 1 amide bonds. The minimum Gasteiger partial charge on any atom is -0.487 e. The molecule has 2 aliphatic rings. The number of hydrogen-bond acceptors (Lipinski definition) is 4. The number of carbonyl (C=O) groups is 1. The maximum absolute atomic E-state index is 14.2. The topological polar surface area (TPSA) is 59.6 Å². The van der Waals surface area contributed by atoms with Gasteiger partial charge in [-0.05, 0) is 44.7 Å². The van der Waals surface area contributed by atoms with E-state index in [1.165, 1.54) is 6.07 Å². The Labute approximate surface area is 135 Å². The van der Waals surface area contributed by atoms with Gasteiger partial charge in [-0.15, -0.1) is 0 Å². The summed E-state index contributed by atoms with van der Waals surface area (Å²) in [4.78, 5) is 12.2. The van der Waals surface area contributed by atoms with Gasteiger partial charge in [0.2, 0.25) is 5.91 Å². The quantitative estimate of drug-likeness (QED) is 0.894. The van der Waals surface area contributed by atoms with E-state index in [9.17, 15) is 9.18 Å². The fourth-order valence-corrected chi connectivity index (χ4v) is 3.11. The van der Waals surface area contributed by atoms with E-state index < -0.39 is 11.9 Å². The second-order valence-corrected chi connectivity index (χ2v) is 6.17. The molecule has 1 saturated heterocycles. The summed E-state index contributed by atoms with van der Waals surface area (Å²) in [6.07, 6.45) is 4.11. The van der Waals surface area contributed by atoms with Crippen molar-refractivity contribution in [2.45, 2.75) is 50.9 Å². The lowest BCUT2D eigenvalue weighted by atomic mass is 10.1. The number of anilines is 1. The van der Waals surface area contributed by atoms with Crippen LogP contribution in [-0.4, -0.2) is 37.3 Å². The Bertz CT molecular complexity index is 561. The first-order valence-corrected chi connectivity index (χ1v) is 8.25. The lowest BCUT2D eigenvalue weighted by Crippen LogP contribution is -2.53. The van der Waals surface area contributed by atoms with E-state index in [-0.39, 0.29) is 23.9 Å². The number of rotatable bonds is 4. The molecular weight excluding hydrogens is 299 g/mol. The second kappa shape index (κ2) is 7.27. The van der Waals surface area contributed by atoms with E-state index in [2.05, 4.69) is 10.6 Å². The van der Waals surface area contributed by atoms with Crippen molar-refractivity contribution in [2.75, 3.05) is 18.5 Å². The van der Waals surface area contributed by atoms with Crippen LogP contribution in [0.4, 0.5) is 10.1 Å². The maximum Gasteiger partial charge on any atom is 0.244 e. The number of morpholine rings is 1. The van der Waals surface area contributed by atoms with E-state index >= 15 is 0 Å². The van der Waals surface area contributed by atoms with Crippen molar-refractivity contribution in [2.24, 2.45) is 0 Å². The predicted octanol–water partition coefficient (Wildman–Crippen LogP) is 2.46. The summed E-state index contributed by atoms with van der Waals surface area (Å²) in [7, 11) is 0. The molecule has 0 spiro atoms. The molecule has 23 heavy (non-hydrogen) atoms. The van der Waals surface area contributed by atoms with Gasteiger partial charge in [-0.2, -0.15) is 0 Å². The van der Waals surface area contributed by atoms with Crippen LogP contribution >= 0.6 is 0 Å². The van der Waals surface area contributed by atoms with Crippen molar-refractivity contribution >= 4 is 11.6 Å².